The van der Waals surface area contributed by atoms with Gasteiger partial charge in [-0.2, -0.15) is 0 Å². The third-order valence-corrected chi connectivity index (χ3v) is 4.93. The lowest BCUT2D eigenvalue weighted by Gasteiger charge is -2.04. The molecular weight excluding hydrogens is 364 g/mol. The van der Waals surface area contributed by atoms with Crippen LogP contribution in [0.1, 0.15) is 11.5 Å². The Balaban J connectivity index is 1.49. The van der Waals surface area contributed by atoms with E-state index in [1.807, 2.05) is 24.3 Å². The number of benzene rings is 2. The van der Waals surface area contributed by atoms with E-state index in [1.165, 1.54) is 29.5 Å². The van der Waals surface area contributed by atoms with Gasteiger partial charge in [0.05, 0.1) is 21.2 Å². The minimum atomic E-state index is -0.446. The third-order valence-electron chi connectivity index (χ3n) is 4.03. The predicted octanol–water partition coefficient (Wildman–Crippen LogP) is 4.79. The Morgan fingerprint density at radius 3 is 2.67 bits per heavy atom. The number of pyridine rings is 1. The number of nitrogens with zero attached hydrogens (tertiary/aromatic N) is 4. The molecule has 2 aromatic heterocycles. The minimum Gasteiger partial charge on any atom is -0.420 e. The van der Waals surface area contributed by atoms with Gasteiger partial charge in [-0.3, -0.25) is 10.1 Å². The smallest absolute Gasteiger partial charge is 0.269 e. The van der Waals surface area contributed by atoms with Crippen LogP contribution in [0.5, 0.6) is 0 Å². The van der Waals surface area contributed by atoms with E-state index in [4.69, 9.17) is 4.42 Å². The van der Waals surface area contributed by atoms with Crippen LogP contribution in [0.4, 0.5) is 5.69 Å². The molecule has 2 heterocycles. The van der Waals surface area contributed by atoms with Crippen LogP contribution in [-0.2, 0) is 5.75 Å². The molecular formula is C19H14N4O3S. The number of hydrogen-bond donors (Lipinski definition) is 0. The van der Waals surface area contributed by atoms with E-state index in [2.05, 4.69) is 28.2 Å². The molecule has 134 valence electrons. The van der Waals surface area contributed by atoms with E-state index in [0.29, 0.717) is 23.1 Å². The van der Waals surface area contributed by atoms with Crippen LogP contribution in [0.25, 0.3) is 22.4 Å². The highest BCUT2D eigenvalue weighted by Gasteiger charge is 2.12. The van der Waals surface area contributed by atoms with Crippen molar-refractivity contribution in [2.75, 3.05) is 0 Å². The molecule has 0 radical (unpaired) electrons. The fourth-order valence-electron chi connectivity index (χ4n) is 2.68. The highest BCUT2D eigenvalue weighted by Crippen LogP contribution is 2.27. The summed E-state index contributed by atoms with van der Waals surface area (Å²) in [7, 11) is 0. The quantitative estimate of drug-likeness (QED) is 0.280. The average Bonchev–Trinajstić information content (AvgIpc) is 3.15. The first-order chi connectivity index (χ1) is 13.1. The monoisotopic (exact) mass is 378 g/mol. The number of nitro benzene ring substituents is 1. The largest absolute Gasteiger partial charge is 0.420 e. The molecule has 0 spiro atoms. The molecule has 0 aliphatic heterocycles. The van der Waals surface area contributed by atoms with Crippen molar-refractivity contribution < 1.29 is 9.34 Å². The van der Waals surface area contributed by atoms with Crippen LogP contribution in [0.2, 0.25) is 0 Å². The summed E-state index contributed by atoms with van der Waals surface area (Å²) >= 11 is 1.52. The van der Waals surface area contributed by atoms with Crippen molar-refractivity contribution in [3.63, 3.8) is 0 Å². The number of non-ortho nitro benzene ring substituents is 1. The molecule has 0 N–H and O–H groups in total. The van der Waals surface area contributed by atoms with Gasteiger partial charge in [-0.05, 0) is 36.8 Å². The van der Waals surface area contributed by atoms with E-state index in [-0.39, 0.29) is 5.69 Å². The molecule has 0 saturated carbocycles. The van der Waals surface area contributed by atoms with Crippen molar-refractivity contribution in [1.82, 2.24) is 15.2 Å². The first kappa shape index (κ1) is 17.2. The summed E-state index contributed by atoms with van der Waals surface area (Å²) in [5.41, 5.74) is 2.79. The summed E-state index contributed by atoms with van der Waals surface area (Å²) in [4.78, 5) is 14.9. The Bertz CT molecular complexity index is 1130. The summed E-state index contributed by atoms with van der Waals surface area (Å²) in [6.07, 6.45) is 0. The zero-order valence-electron chi connectivity index (χ0n) is 14.3. The van der Waals surface area contributed by atoms with Crippen LogP contribution in [-0.4, -0.2) is 20.1 Å². The van der Waals surface area contributed by atoms with Gasteiger partial charge in [0.15, 0.2) is 0 Å². The molecule has 2 aromatic carbocycles. The van der Waals surface area contributed by atoms with Gasteiger partial charge in [-0.25, -0.2) is 4.98 Å². The number of rotatable bonds is 5. The lowest BCUT2D eigenvalue weighted by atomic mass is 10.1. The molecule has 0 atom stereocenters. The lowest BCUT2D eigenvalue weighted by molar-refractivity contribution is -0.384. The topological polar surface area (TPSA) is 95.0 Å². The second kappa shape index (κ2) is 7.16. The molecule has 4 aromatic rings. The maximum absolute atomic E-state index is 10.7. The van der Waals surface area contributed by atoms with Crippen molar-refractivity contribution in [2.24, 2.45) is 0 Å². The maximum Gasteiger partial charge on any atom is 0.269 e. The molecule has 0 saturated heterocycles. The van der Waals surface area contributed by atoms with Gasteiger partial charge < -0.3 is 4.42 Å². The van der Waals surface area contributed by atoms with Gasteiger partial charge >= 0.3 is 0 Å². The predicted molar refractivity (Wildman–Crippen MR) is 102 cm³/mol. The molecule has 0 aliphatic rings. The molecule has 0 unspecified atom stereocenters. The van der Waals surface area contributed by atoms with Gasteiger partial charge in [-0.15, -0.1) is 10.2 Å². The molecule has 0 amide bonds. The number of aryl methyl sites for hydroxylation is 1. The number of aromatic nitrogens is 3. The van der Waals surface area contributed by atoms with Crippen molar-refractivity contribution in [3.8, 4) is 11.5 Å². The van der Waals surface area contributed by atoms with Crippen LogP contribution >= 0.6 is 11.8 Å². The van der Waals surface area contributed by atoms with Crippen molar-refractivity contribution in [1.29, 1.82) is 0 Å². The van der Waals surface area contributed by atoms with E-state index in [0.717, 1.165) is 15.9 Å². The number of hydrogen-bond acceptors (Lipinski definition) is 7. The number of para-hydroxylation sites is 1. The van der Waals surface area contributed by atoms with Crippen LogP contribution in [0.15, 0.2) is 64.0 Å². The summed E-state index contributed by atoms with van der Waals surface area (Å²) in [5, 5.41) is 20.8. The molecule has 7 nitrogen and oxygen atoms in total. The standard InChI is InChI=1S/C19H14N4O3S/c1-12-10-18(20-16-5-3-2-4-15(12)16)27-11-17-21-22-19(26-17)13-6-8-14(9-7-13)23(24)25/h2-10H,11H2,1H3. The molecule has 27 heavy (non-hydrogen) atoms. The van der Waals surface area contributed by atoms with E-state index >= 15 is 0 Å². The van der Waals surface area contributed by atoms with E-state index in [1.54, 1.807) is 12.1 Å². The summed E-state index contributed by atoms with van der Waals surface area (Å²) in [6.45, 7) is 2.06. The molecule has 4 rings (SSSR count). The number of nitro groups is 1. The zero-order chi connectivity index (χ0) is 18.8. The van der Waals surface area contributed by atoms with Gasteiger partial charge in [0.2, 0.25) is 11.8 Å². The fourth-order valence-corrected chi connectivity index (χ4v) is 3.49. The zero-order valence-corrected chi connectivity index (χ0v) is 15.1. The fraction of sp³-hybridized carbons (Fsp3) is 0.105. The van der Waals surface area contributed by atoms with Crippen molar-refractivity contribution in [2.45, 2.75) is 17.7 Å². The van der Waals surface area contributed by atoms with Gasteiger partial charge in [-0.1, -0.05) is 30.0 Å². The number of thioether (sulfide) groups is 1. The van der Waals surface area contributed by atoms with E-state index in [9.17, 15) is 10.1 Å². The molecule has 8 heteroatoms. The molecule has 0 fully saturated rings. The maximum atomic E-state index is 10.7. The highest BCUT2D eigenvalue weighted by atomic mass is 32.2. The van der Waals surface area contributed by atoms with Crippen LogP contribution < -0.4 is 0 Å². The third kappa shape index (κ3) is 3.65. The second-order valence-corrected chi connectivity index (χ2v) is 6.88. The van der Waals surface area contributed by atoms with Crippen molar-refractivity contribution in [3.05, 3.63) is 76.2 Å². The first-order valence-electron chi connectivity index (χ1n) is 8.16. The normalized spacial score (nSPS) is 11.0. The van der Waals surface area contributed by atoms with Crippen molar-refractivity contribution >= 4 is 28.4 Å². The second-order valence-electron chi connectivity index (χ2n) is 5.89. The van der Waals surface area contributed by atoms with E-state index < -0.39 is 4.92 Å². The van der Waals surface area contributed by atoms with Gasteiger partial charge in [0, 0.05) is 23.1 Å². The first-order valence-corrected chi connectivity index (χ1v) is 9.15. The van der Waals surface area contributed by atoms with Crippen LogP contribution in [0.3, 0.4) is 0 Å². The summed E-state index contributed by atoms with van der Waals surface area (Å²) < 4.78 is 5.67. The highest BCUT2D eigenvalue weighted by molar-refractivity contribution is 7.98. The Labute approximate surface area is 158 Å². The van der Waals surface area contributed by atoms with Gasteiger partial charge in [0.25, 0.3) is 5.69 Å². The summed E-state index contributed by atoms with van der Waals surface area (Å²) in [5.74, 6) is 1.30. The van der Waals surface area contributed by atoms with Crippen LogP contribution in [0, 0.1) is 17.0 Å². The Morgan fingerprint density at radius 1 is 1.11 bits per heavy atom. The molecule has 0 bridgehead atoms. The Morgan fingerprint density at radius 2 is 1.89 bits per heavy atom. The minimum absolute atomic E-state index is 0.0202. The Hall–Kier alpha value is -3.26. The molecule has 0 aliphatic carbocycles. The average molecular weight is 378 g/mol. The summed E-state index contributed by atoms with van der Waals surface area (Å²) in [6, 6.07) is 16.1. The Kier molecular flexibility index (Phi) is 4.55. The van der Waals surface area contributed by atoms with Gasteiger partial charge in [0.1, 0.15) is 0 Å². The lowest BCUT2D eigenvalue weighted by Crippen LogP contribution is -1.88. The number of fused-ring (bicyclic) bond motifs is 1. The SMILES string of the molecule is Cc1cc(SCc2nnc(-c3ccc([N+](=O)[O-])cc3)o2)nc2ccccc12.